The van der Waals surface area contributed by atoms with Crippen molar-refractivity contribution in [2.24, 2.45) is 7.05 Å². The number of hydrogen-bond donors (Lipinski definition) is 1. The Morgan fingerprint density at radius 1 is 1.44 bits per heavy atom. The Hall–Kier alpha value is -2.78. The van der Waals surface area contributed by atoms with Gasteiger partial charge in [-0.25, -0.2) is 4.98 Å². The van der Waals surface area contributed by atoms with Gasteiger partial charge in [-0.1, -0.05) is 0 Å². The molecule has 1 fully saturated rings. The minimum absolute atomic E-state index is 0.0720. The summed E-state index contributed by atoms with van der Waals surface area (Å²) in [6, 6.07) is 4.31. The van der Waals surface area contributed by atoms with Gasteiger partial charge < -0.3 is 19.5 Å². The number of nitrogens with zero attached hydrogens (tertiary/aromatic N) is 4. The Morgan fingerprint density at radius 2 is 2.22 bits per heavy atom. The Labute approximate surface area is 157 Å². The molecule has 9 heteroatoms. The number of imidazole rings is 1. The number of nitro benzene ring substituents is 1. The van der Waals surface area contributed by atoms with Gasteiger partial charge in [0.25, 0.3) is 5.69 Å². The van der Waals surface area contributed by atoms with Crippen LogP contribution in [0.1, 0.15) is 23.1 Å². The predicted molar refractivity (Wildman–Crippen MR) is 100 cm³/mol. The number of carbonyl (C=O) groups excluding carboxylic acids is 1. The molecule has 1 aromatic heterocycles. The number of benzene rings is 1. The highest BCUT2D eigenvalue weighted by Gasteiger charge is 2.26. The standard InChI is InChI=1S/C18H23N5O4/c1-12(16-11-21(2)8-9-27-16)20-14-5-4-13(10-15(14)23(25)26)17(24)18-19-6-7-22(18)3/h4-7,10,12,16,20H,8-9,11H2,1-3H3. The van der Waals surface area contributed by atoms with Crippen molar-refractivity contribution >= 4 is 17.2 Å². The second-order valence-corrected chi connectivity index (χ2v) is 6.78. The second kappa shape index (κ2) is 7.85. The molecule has 0 aliphatic carbocycles. The molecule has 0 amide bonds. The van der Waals surface area contributed by atoms with E-state index in [1.54, 1.807) is 29.9 Å². The van der Waals surface area contributed by atoms with Gasteiger partial charge in [0.05, 0.1) is 23.7 Å². The first-order chi connectivity index (χ1) is 12.9. The van der Waals surface area contributed by atoms with Crippen LogP contribution in [0.2, 0.25) is 0 Å². The number of likely N-dealkylation sites (N-methyl/N-ethyl adjacent to an activating group) is 1. The van der Waals surface area contributed by atoms with Crippen molar-refractivity contribution < 1.29 is 14.5 Å². The van der Waals surface area contributed by atoms with Gasteiger partial charge in [-0.15, -0.1) is 0 Å². The number of rotatable bonds is 6. The van der Waals surface area contributed by atoms with E-state index in [4.69, 9.17) is 4.74 Å². The van der Waals surface area contributed by atoms with Crippen LogP contribution in [0.25, 0.3) is 0 Å². The molecular weight excluding hydrogens is 350 g/mol. The molecule has 3 rings (SSSR count). The number of anilines is 1. The van der Waals surface area contributed by atoms with Crippen molar-refractivity contribution in [2.75, 3.05) is 32.1 Å². The van der Waals surface area contributed by atoms with Gasteiger partial charge in [-0.3, -0.25) is 14.9 Å². The van der Waals surface area contributed by atoms with Crippen LogP contribution >= 0.6 is 0 Å². The van der Waals surface area contributed by atoms with Crippen LogP contribution in [0.5, 0.6) is 0 Å². The van der Waals surface area contributed by atoms with Gasteiger partial charge in [-0.05, 0) is 26.1 Å². The lowest BCUT2D eigenvalue weighted by Crippen LogP contribution is -2.47. The van der Waals surface area contributed by atoms with Crippen LogP contribution in [-0.2, 0) is 11.8 Å². The molecule has 2 heterocycles. The Bertz CT molecular complexity index is 850. The number of nitro groups is 1. The normalized spacial score (nSPS) is 18.9. The lowest BCUT2D eigenvalue weighted by Gasteiger charge is -2.34. The topological polar surface area (TPSA) is 103 Å². The lowest BCUT2D eigenvalue weighted by atomic mass is 10.1. The first-order valence-electron chi connectivity index (χ1n) is 8.74. The molecular formula is C18H23N5O4. The van der Waals surface area contributed by atoms with Gasteiger partial charge in [0.1, 0.15) is 5.69 Å². The van der Waals surface area contributed by atoms with Crippen LogP contribution in [-0.4, -0.2) is 64.0 Å². The Kier molecular flexibility index (Phi) is 5.52. The first-order valence-corrected chi connectivity index (χ1v) is 8.74. The highest BCUT2D eigenvalue weighted by molar-refractivity contribution is 6.07. The van der Waals surface area contributed by atoms with Crippen LogP contribution in [0.3, 0.4) is 0 Å². The maximum Gasteiger partial charge on any atom is 0.293 e. The number of ether oxygens (including phenoxy) is 1. The molecule has 2 aromatic rings. The number of nitrogens with one attached hydrogen (secondary N) is 1. The molecule has 0 saturated carbocycles. The van der Waals surface area contributed by atoms with Gasteiger partial charge in [0.2, 0.25) is 5.78 Å². The van der Waals surface area contributed by atoms with Crippen LogP contribution in [0.15, 0.2) is 30.6 Å². The zero-order valence-electron chi connectivity index (χ0n) is 15.6. The van der Waals surface area contributed by atoms with E-state index >= 15 is 0 Å². The third kappa shape index (κ3) is 4.15. The van der Waals surface area contributed by atoms with Crippen molar-refractivity contribution in [1.29, 1.82) is 0 Å². The Morgan fingerprint density at radius 3 is 2.85 bits per heavy atom. The summed E-state index contributed by atoms with van der Waals surface area (Å²) in [5.41, 5.74) is 0.439. The minimum atomic E-state index is -0.488. The average Bonchev–Trinajstić information content (AvgIpc) is 3.07. The molecule has 1 aliphatic rings. The monoisotopic (exact) mass is 373 g/mol. The summed E-state index contributed by atoms with van der Waals surface area (Å²) in [7, 11) is 3.72. The van der Waals surface area contributed by atoms with Crippen molar-refractivity contribution in [3.63, 3.8) is 0 Å². The smallest absolute Gasteiger partial charge is 0.293 e. The highest BCUT2D eigenvalue weighted by atomic mass is 16.6. The van der Waals surface area contributed by atoms with E-state index < -0.39 is 4.92 Å². The fourth-order valence-electron chi connectivity index (χ4n) is 3.11. The molecule has 9 nitrogen and oxygen atoms in total. The van der Waals surface area contributed by atoms with Gasteiger partial charge in [0, 0.05) is 44.2 Å². The molecule has 1 aliphatic heterocycles. The summed E-state index contributed by atoms with van der Waals surface area (Å²) in [5.74, 6) is -0.126. The number of hydrogen-bond acceptors (Lipinski definition) is 7. The summed E-state index contributed by atoms with van der Waals surface area (Å²) in [4.78, 5) is 29.8. The lowest BCUT2D eigenvalue weighted by molar-refractivity contribution is -0.384. The molecule has 1 N–H and O–H groups in total. The number of aryl methyl sites for hydroxylation is 1. The van der Waals surface area contributed by atoms with Crippen molar-refractivity contribution in [3.8, 4) is 0 Å². The fourth-order valence-corrected chi connectivity index (χ4v) is 3.11. The molecule has 2 unspecified atom stereocenters. The predicted octanol–water partition coefficient (Wildman–Crippen LogP) is 1.69. The average molecular weight is 373 g/mol. The highest BCUT2D eigenvalue weighted by Crippen LogP contribution is 2.28. The molecule has 0 radical (unpaired) electrons. The van der Waals surface area contributed by atoms with E-state index in [9.17, 15) is 14.9 Å². The van der Waals surface area contributed by atoms with E-state index in [2.05, 4.69) is 15.2 Å². The molecule has 1 saturated heterocycles. The number of ketones is 1. The molecule has 1 aromatic carbocycles. The van der Waals surface area contributed by atoms with Gasteiger partial charge >= 0.3 is 0 Å². The summed E-state index contributed by atoms with van der Waals surface area (Å²) in [6.45, 7) is 4.18. The number of carbonyl (C=O) groups is 1. The van der Waals surface area contributed by atoms with Crippen molar-refractivity contribution in [1.82, 2.24) is 14.5 Å². The summed E-state index contributed by atoms with van der Waals surface area (Å²) in [5, 5.41) is 14.7. The number of morpholine rings is 1. The van der Waals surface area contributed by atoms with Gasteiger partial charge in [0.15, 0.2) is 5.82 Å². The minimum Gasteiger partial charge on any atom is -0.374 e. The van der Waals surface area contributed by atoms with Crippen LogP contribution in [0, 0.1) is 10.1 Å². The summed E-state index contributed by atoms with van der Waals surface area (Å²) >= 11 is 0. The second-order valence-electron chi connectivity index (χ2n) is 6.78. The first kappa shape index (κ1) is 19.0. The molecule has 144 valence electrons. The van der Waals surface area contributed by atoms with E-state index in [0.717, 1.165) is 13.1 Å². The third-order valence-electron chi connectivity index (χ3n) is 4.72. The van der Waals surface area contributed by atoms with Crippen LogP contribution in [0.4, 0.5) is 11.4 Å². The fraction of sp³-hybridized carbons (Fsp3) is 0.444. The van der Waals surface area contributed by atoms with E-state index in [1.165, 1.54) is 12.3 Å². The summed E-state index contributed by atoms with van der Waals surface area (Å²) < 4.78 is 7.35. The van der Waals surface area contributed by atoms with E-state index in [-0.39, 0.29) is 35.0 Å². The largest absolute Gasteiger partial charge is 0.374 e. The van der Waals surface area contributed by atoms with Crippen LogP contribution < -0.4 is 5.32 Å². The number of aromatic nitrogens is 2. The summed E-state index contributed by atoms with van der Waals surface area (Å²) in [6.07, 6.45) is 3.10. The third-order valence-corrected chi connectivity index (χ3v) is 4.72. The Balaban J connectivity index is 1.83. The maximum atomic E-state index is 12.6. The van der Waals surface area contributed by atoms with Crippen molar-refractivity contribution in [3.05, 3.63) is 52.1 Å². The van der Waals surface area contributed by atoms with E-state index in [1.807, 2.05) is 14.0 Å². The molecule has 0 spiro atoms. The van der Waals surface area contributed by atoms with E-state index in [0.29, 0.717) is 12.3 Å². The maximum absolute atomic E-state index is 12.6. The molecule has 27 heavy (non-hydrogen) atoms. The zero-order chi connectivity index (χ0) is 19.6. The quantitative estimate of drug-likeness (QED) is 0.467. The SMILES string of the molecule is CC(Nc1ccc(C(=O)c2nccn2C)cc1[N+](=O)[O-])C1CN(C)CCO1. The molecule has 0 bridgehead atoms. The zero-order valence-corrected chi connectivity index (χ0v) is 15.6. The van der Waals surface area contributed by atoms with Crippen molar-refractivity contribution in [2.45, 2.75) is 19.1 Å². The molecule has 2 atom stereocenters. The van der Waals surface area contributed by atoms with Gasteiger partial charge in [-0.2, -0.15) is 0 Å².